The molecule has 0 atom stereocenters. The molecular formula is C24H21N3O4. The molecule has 3 aromatic carbocycles. The van der Waals surface area contributed by atoms with Crippen molar-refractivity contribution in [2.45, 2.75) is 0 Å². The number of carbonyl (C=O) groups excluding carboxylic acids is 1. The normalized spacial score (nSPS) is 10.3. The molecule has 0 heterocycles. The van der Waals surface area contributed by atoms with Crippen LogP contribution in [0.5, 0.6) is 17.2 Å². The van der Waals surface area contributed by atoms with E-state index >= 15 is 0 Å². The SMILES string of the molecule is COc1cc(/C=N/NC(=O)COc2ccc(-c3ccccc3)cc2)ccc1OCC#N. The zero-order valence-electron chi connectivity index (χ0n) is 16.9. The zero-order valence-corrected chi connectivity index (χ0v) is 16.9. The van der Waals surface area contributed by atoms with Crippen LogP contribution >= 0.6 is 0 Å². The summed E-state index contributed by atoms with van der Waals surface area (Å²) in [6.45, 7) is -0.235. The van der Waals surface area contributed by atoms with Crippen LogP contribution in [0.25, 0.3) is 11.1 Å². The average Bonchev–Trinajstić information content (AvgIpc) is 2.82. The maximum absolute atomic E-state index is 12.0. The Kier molecular flexibility index (Phi) is 7.61. The van der Waals surface area contributed by atoms with E-state index in [9.17, 15) is 4.79 Å². The van der Waals surface area contributed by atoms with E-state index in [1.165, 1.54) is 13.3 Å². The van der Waals surface area contributed by atoms with Gasteiger partial charge < -0.3 is 14.2 Å². The molecule has 0 saturated carbocycles. The second-order valence-corrected chi connectivity index (χ2v) is 6.33. The van der Waals surface area contributed by atoms with Gasteiger partial charge >= 0.3 is 0 Å². The van der Waals surface area contributed by atoms with Gasteiger partial charge in [-0.15, -0.1) is 0 Å². The summed E-state index contributed by atoms with van der Waals surface area (Å²) < 4.78 is 16.0. The third-order valence-electron chi connectivity index (χ3n) is 4.21. The smallest absolute Gasteiger partial charge is 0.277 e. The molecule has 1 amide bonds. The fourth-order valence-electron chi connectivity index (χ4n) is 2.73. The molecule has 31 heavy (non-hydrogen) atoms. The van der Waals surface area contributed by atoms with Gasteiger partial charge in [-0.3, -0.25) is 4.79 Å². The van der Waals surface area contributed by atoms with Crippen molar-refractivity contribution < 1.29 is 19.0 Å². The molecule has 0 aromatic heterocycles. The average molecular weight is 415 g/mol. The molecule has 3 rings (SSSR count). The summed E-state index contributed by atoms with van der Waals surface area (Å²) in [6.07, 6.45) is 1.48. The molecule has 0 aliphatic carbocycles. The van der Waals surface area contributed by atoms with Crippen LogP contribution < -0.4 is 19.6 Å². The molecule has 3 aromatic rings. The van der Waals surface area contributed by atoms with Crippen LogP contribution in [0.4, 0.5) is 0 Å². The van der Waals surface area contributed by atoms with Gasteiger partial charge in [0.1, 0.15) is 11.8 Å². The first-order valence-electron chi connectivity index (χ1n) is 9.47. The number of hydrazone groups is 1. The highest BCUT2D eigenvalue weighted by Crippen LogP contribution is 2.27. The number of ether oxygens (including phenoxy) is 3. The largest absolute Gasteiger partial charge is 0.493 e. The summed E-state index contributed by atoms with van der Waals surface area (Å²) in [4.78, 5) is 12.0. The summed E-state index contributed by atoms with van der Waals surface area (Å²) in [6, 6.07) is 24.5. The fourth-order valence-corrected chi connectivity index (χ4v) is 2.73. The molecule has 0 saturated heterocycles. The quantitative estimate of drug-likeness (QED) is 0.424. The lowest BCUT2D eigenvalue weighted by molar-refractivity contribution is -0.123. The fraction of sp³-hybridized carbons (Fsp3) is 0.125. The minimum absolute atomic E-state index is 0.0746. The maximum atomic E-state index is 12.0. The lowest BCUT2D eigenvalue weighted by Gasteiger charge is -2.08. The van der Waals surface area contributed by atoms with Crippen molar-refractivity contribution in [3.05, 3.63) is 78.4 Å². The van der Waals surface area contributed by atoms with Crippen LogP contribution in [-0.4, -0.2) is 32.4 Å². The monoisotopic (exact) mass is 415 g/mol. The van der Waals surface area contributed by atoms with Crippen molar-refractivity contribution >= 4 is 12.1 Å². The van der Waals surface area contributed by atoms with Crippen molar-refractivity contribution in [2.24, 2.45) is 5.10 Å². The summed E-state index contributed by atoms with van der Waals surface area (Å²) in [5.74, 6) is 1.13. The summed E-state index contributed by atoms with van der Waals surface area (Å²) in [5, 5.41) is 12.5. The first kappa shape index (κ1) is 21.4. The molecule has 0 fully saturated rings. The molecule has 0 aliphatic heterocycles. The van der Waals surface area contributed by atoms with Gasteiger partial charge in [0.05, 0.1) is 13.3 Å². The van der Waals surface area contributed by atoms with Crippen LogP contribution in [0, 0.1) is 11.3 Å². The van der Waals surface area contributed by atoms with Crippen molar-refractivity contribution in [3.63, 3.8) is 0 Å². The van der Waals surface area contributed by atoms with Gasteiger partial charge in [-0.25, -0.2) is 5.43 Å². The number of hydrogen-bond acceptors (Lipinski definition) is 6. The Morgan fingerprint density at radius 1 is 1.00 bits per heavy atom. The van der Waals surface area contributed by atoms with Crippen LogP contribution in [0.2, 0.25) is 0 Å². The number of amides is 1. The highest BCUT2D eigenvalue weighted by atomic mass is 16.5. The van der Waals surface area contributed by atoms with Gasteiger partial charge in [0.15, 0.2) is 24.7 Å². The standard InChI is InChI=1S/C24H21N3O4/c1-29-23-15-18(7-12-22(23)30-14-13-25)16-26-27-24(28)17-31-21-10-8-20(9-11-21)19-5-3-2-4-6-19/h2-12,15-16H,14,17H2,1H3,(H,27,28)/b26-16+. The zero-order chi connectivity index (χ0) is 21.9. The van der Waals surface area contributed by atoms with Crippen molar-refractivity contribution in [2.75, 3.05) is 20.3 Å². The van der Waals surface area contributed by atoms with E-state index in [0.29, 0.717) is 22.8 Å². The van der Waals surface area contributed by atoms with Crippen molar-refractivity contribution in [1.29, 1.82) is 5.26 Å². The number of rotatable bonds is 9. The Morgan fingerprint density at radius 2 is 1.74 bits per heavy atom. The lowest BCUT2D eigenvalue weighted by Crippen LogP contribution is -2.24. The van der Waals surface area contributed by atoms with E-state index < -0.39 is 0 Å². The Labute approximate surface area is 180 Å². The van der Waals surface area contributed by atoms with Crippen molar-refractivity contribution in [1.82, 2.24) is 5.43 Å². The van der Waals surface area contributed by atoms with E-state index in [1.807, 2.05) is 60.7 Å². The van der Waals surface area contributed by atoms with Crippen molar-refractivity contribution in [3.8, 4) is 34.4 Å². The second kappa shape index (κ2) is 11.0. The third-order valence-corrected chi connectivity index (χ3v) is 4.21. The summed E-state index contributed by atoms with van der Waals surface area (Å²) in [7, 11) is 1.50. The molecule has 7 nitrogen and oxygen atoms in total. The second-order valence-electron chi connectivity index (χ2n) is 6.33. The molecule has 0 unspecified atom stereocenters. The Bertz CT molecular complexity index is 1070. The van der Waals surface area contributed by atoms with Gasteiger partial charge in [-0.05, 0) is 47.0 Å². The minimum atomic E-state index is -0.385. The summed E-state index contributed by atoms with van der Waals surface area (Å²) in [5.41, 5.74) is 5.29. The van der Waals surface area contributed by atoms with E-state index in [1.54, 1.807) is 18.2 Å². The molecule has 156 valence electrons. The minimum Gasteiger partial charge on any atom is -0.493 e. The highest BCUT2D eigenvalue weighted by Gasteiger charge is 2.06. The van der Waals surface area contributed by atoms with Gasteiger partial charge in [0, 0.05) is 0 Å². The van der Waals surface area contributed by atoms with Gasteiger partial charge in [0.25, 0.3) is 5.91 Å². The van der Waals surface area contributed by atoms with E-state index in [-0.39, 0.29) is 19.1 Å². The van der Waals surface area contributed by atoms with Gasteiger partial charge in [-0.1, -0.05) is 42.5 Å². The number of carbonyl (C=O) groups is 1. The maximum Gasteiger partial charge on any atom is 0.277 e. The van der Waals surface area contributed by atoms with Crippen LogP contribution in [0.3, 0.4) is 0 Å². The number of hydrogen-bond donors (Lipinski definition) is 1. The van der Waals surface area contributed by atoms with E-state index in [0.717, 1.165) is 11.1 Å². The molecular weight excluding hydrogens is 394 g/mol. The van der Waals surface area contributed by atoms with E-state index in [2.05, 4.69) is 10.5 Å². The molecule has 0 spiro atoms. The molecule has 0 radical (unpaired) electrons. The predicted octanol–water partition coefficient (Wildman–Crippen LogP) is 3.79. The van der Waals surface area contributed by atoms with Gasteiger partial charge in [0.2, 0.25) is 0 Å². The molecule has 7 heteroatoms. The molecule has 0 bridgehead atoms. The Morgan fingerprint density at radius 3 is 2.45 bits per heavy atom. The molecule has 1 N–H and O–H groups in total. The van der Waals surface area contributed by atoms with Crippen LogP contribution in [0.15, 0.2) is 77.9 Å². The van der Waals surface area contributed by atoms with Crippen LogP contribution in [0.1, 0.15) is 5.56 Å². The predicted molar refractivity (Wildman–Crippen MR) is 117 cm³/mol. The molecule has 0 aliphatic rings. The number of nitriles is 1. The lowest BCUT2D eigenvalue weighted by atomic mass is 10.1. The number of nitrogens with zero attached hydrogens (tertiary/aromatic N) is 2. The first-order valence-corrected chi connectivity index (χ1v) is 9.47. The summed E-state index contributed by atoms with van der Waals surface area (Å²) >= 11 is 0. The van der Waals surface area contributed by atoms with Gasteiger partial charge in [-0.2, -0.15) is 10.4 Å². The van der Waals surface area contributed by atoms with Crippen LogP contribution in [-0.2, 0) is 4.79 Å². The number of benzene rings is 3. The topological polar surface area (TPSA) is 92.9 Å². The highest BCUT2D eigenvalue weighted by molar-refractivity contribution is 5.83. The third kappa shape index (κ3) is 6.34. The Hall–Kier alpha value is -4.31. The number of nitrogens with one attached hydrogen (secondary N) is 1. The first-order chi connectivity index (χ1) is 15.2. The Balaban J connectivity index is 1.49. The van der Waals surface area contributed by atoms with E-state index in [4.69, 9.17) is 19.5 Å². The number of methoxy groups -OCH3 is 1.